The molecule has 0 spiro atoms. The van der Waals surface area contributed by atoms with E-state index in [9.17, 15) is 4.79 Å². The van der Waals surface area contributed by atoms with E-state index in [4.69, 9.17) is 19.2 Å². The van der Waals surface area contributed by atoms with Crippen LogP contribution in [0.2, 0.25) is 0 Å². The van der Waals surface area contributed by atoms with Crippen molar-refractivity contribution in [1.29, 1.82) is 5.26 Å². The molecule has 20 heavy (non-hydrogen) atoms. The van der Waals surface area contributed by atoms with Crippen LogP contribution >= 0.6 is 0 Å². The first-order chi connectivity index (χ1) is 9.67. The zero-order chi connectivity index (χ0) is 14.5. The number of methoxy groups -OCH3 is 1. The summed E-state index contributed by atoms with van der Waals surface area (Å²) < 4.78 is 15.3. The molecular formula is C14H12N2O4. The quantitative estimate of drug-likeness (QED) is 0.837. The van der Waals surface area contributed by atoms with Crippen LogP contribution in [0.5, 0.6) is 5.75 Å². The number of amides is 1. The Bertz CT molecular complexity index is 756. The van der Waals surface area contributed by atoms with E-state index in [1.807, 2.05) is 6.07 Å². The molecule has 0 fully saturated rings. The van der Waals surface area contributed by atoms with Crippen LogP contribution in [0.15, 0.2) is 33.7 Å². The zero-order valence-electron chi connectivity index (χ0n) is 11.0. The van der Waals surface area contributed by atoms with Crippen molar-refractivity contribution >= 4 is 17.1 Å². The third kappa shape index (κ3) is 2.78. The molecule has 6 nitrogen and oxygen atoms in total. The van der Waals surface area contributed by atoms with Crippen LogP contribution in [0, 0.1) is 11.3 Å². The minimum absolute atomic E-state index is 0.0771. The minimum Gasteiger partial charge on any atom is -0.497 e. The molecule has 0 aliphatic carbocycles. The molecular weight excluding hydrogens is 260 g/mol. The van der Waals surface area contributed by atoms with E-state index < -0.39 is 6.09 Å². The smallest absolute Gasteiger partial charge is 0.436 e. The van der Waals surface area contributed by atoms with Gasteiger partial charge < -0.3 is 13.9 Å². The average Bonchev–Trinajstić information content (AvgIpc) is 2.46. The maximum Gasteiger partial charge on any atom is 0.436 e. The highest BCUT2D eigenvalue weighted by Gasteiger charge is 2.07. The number of hydrogen-bond donors (Lipinski definition) is 0. The number of carbonyl (C=O) groups excluding carboxylic acids is 1. The van der Waals surface area contributed by atoms with Gasteiger partial charge >= 0.3 is 6.09 Å². The number of fused-ring (bicyclic) bond motifs is 1. The van der Waals surface area contributed by atoms with Gasteiger partial charge in [-0.15, -0.1) is 4.99 Å². The summed E-state index contributed by atoms with van der Waals surface area (Å²) in [5.41, 5.74) is 0.550. The molecule has 0 radical (unpaired) electrons. The summed E-state index contributed by atoms with van der Waals surface area (Å²) in [7, 11) is 1.54. The Morgan fingerprint density at radius 1 is 1.45 bits per heavy atom. The topological polar surface area (TPSA) is 84.8 Å². The van der Waals surface area contributed by atoms with E-state index in [1.54, 1.807) is 31.2 Å². The summed E-state index contributed by atoms with van der Waals surface area (Å²) in [6.45, 7) is 1.87. The van der Waals surface area contributed by atoms with E-state index in [0.717, 1.165) is 0 Å². The number of nitrogens with zero attached hydrogens (tertiary/aromatic N) is 2. The predicted octanol–water partition coefficient (Wildman–Crippen LogP) is 2.37. The second-order valence-corrected chi connectivity index (χ2v) is 3.79. The Hall–Kier alpha value is -2.81. The highest BCUT2D eigenvalue weighted by molar-refractivity contribution is 5.79. The van der Waals surface area contributed by atoms with Gasteiger partial charge in [-0.2, -0.15) is 5.26 Å². The van der Waals surface area contributed by atoms with Gasteiger partial charge in [0.05, 0.1) is 13.7 Å². The standard InChI is InChI=1S/C14H12N2O4/c1-3-19-14(17)16-13-10(8-15)6-9-4-5-11(18-2)7-12(9)20-13/h4-7H,3H2,1-2H3/b16-13+. The molecule has 0 saturated carbocycles. The first-order valence-corrected chi connectivity index (χ1v) is 5.91. The second kappa shape index (κ2) is 5.89. The second-order valence-electron chi connectivity index (χ2n) is 3.79. The monoisotopic (exact) mass is 272 g/mol. The van der Waals surface area contributed by atoms with E-state index in [-0.39, 0.29) is 17.7 Å². The summed E-state index contributed by atoms with van der Waals surface area (Å²) in [6.07, 6.45) is -0.796. The lowest BCUT2D eigenvalue weighted by molar-refractivity contribution is 0.161. The van der Waals surface area contributed by atoms with Crippen LogP contribution < -0.4 is 10.3 Å². The Labute approximate surface area is 114 Å². The lowest BCUT2D eigenvalue weighted by Crippen LogP contribution is -2.11. The molecule has 6 heteroatoms. The number of hydrogen-bond acceptors (Lipinski definition) is 5. The molecule has 1 aromatic carbocycles. The van der Waals surface area contributed by atoms with Crippen molar-refractivity contribution in [3.05, 3.63) is 35.4 Å². The maximum absolute atomic E-state index is 11.4. The minimum atomic E-state index is -0.796. The SMILES string of the molecule is CCOC(=O)/N=c1/oc2cc(OC)ccc2cc1C#N. The summed E-state index contributed by atoms with van der Waals surface area (Å²) in [5.74, 6) is 0.605. The number of ether oxygens (including phenoxy) is 2. The first kappa shape index (κ1) is 13.6. The predicted molar refractivity (Wildman–Crippen MR) is 70.1 cm³/mol. The number of benzene rings is 1. The molecule has 0 aliphatic rings. The van der Waals surface area contributed by atoms with Crippen molar-refractivity contribution in [1.82, 2.24) is 0 Å². The molecule has 0 unspecified atom stereocenters. The molecule has 2 aromatic rings. The fraction of sp³-hybridized carbons (Fsp3) is 0.214. The molecule has 0 saturated heterocycles. The highest BCUT2D eigenvalue weighted by atomic mass is 16.5. The van der Waals surface area contributed by atoms with Gasteiger partial charge in [0.1, 0.15) is 23.0 Å². The summed E-state index contributed by atoms with van der Waals surface area (Å²) in [4.78, 5) is 15.0. The summed E-state index contributed by atoms with van der Waals surface area (Å²) >= 11 is 0. The van der Waals surface area contributed by atoms with Gasteiger partial charge in [0.25, 0.3) is 0 Å². The lowest BCUT2D eigenvalue weighted by atomic mass is 10.2. The fourth-order valence-corrected chi connectivity index (χ4v) is 1.63. The van der Waals surface area contributed by atoms with Gasteiger partial charge in [0.2, 0.25) is 5.55 Å². The molecule has 0 N–H and O–H groups in total. The zero-order valence-corrected chi connectivity index (χ0v) is 11.0. The summed E-state index contributed by atoms with van der Waals surface area (Å²) in [6, 6.07) is 8.69. The van der Waals surface area contributed by atoms with Crippen molar-refractivity contribution in [2.24, 2.45) is 4.99 Å². The van der Waals surface area contributed by atoms with Crippen LogP contribution in [-0.4, -0.2) is 19.8 Å². The molecule has 102 valence electrons. The third-order valence-corrected chi connectivity index (χ3v) is 2.54. The Morgan fingerprint density at radius 2 is 2.25 bits per heavy atom. The highest BCUT2D eigenvalue weighted by Crippen LogP contribution is 2.19. The van der Waals surface area contributed by atoms with Crippen LogP contribution in [-0.2, 0) is 4.74 Å². The lowest BCUT2D eigenvalue weighted by Gasteiger charge is -2.02. The van der Waals surface area contributed by atoms with Gasteiger partial charge in [0, 0.05) is 11.5 Å². The van der Waals surface area contributed by atoms with Crippen molar-refractivity contribution in [3.63, 3.8) is 0 Å². The van der Waals surface area contributed by atoms with Crippen LogP contribution in [0.25, 0.3) is 11.0 Å². The van der Waals surface area contributed by atoms with E-state index in [2.05, 4.69) is 4.99 Å². The molecule has 0 aliphatic heterocycles. The van der Waals surface area contributed by atoms with E-state index in [1.165, 1.54) is 7.11 Å². The van der Waals surface area contributed by atoms with Crippen molar-refractivity contribution in [2.75, 3.05) is 13.7 Å². The largest absolute Gasteiger partial charge is 0.497 e. The molecule has 2 rings (SSSR count). The Kier molecular flexibility index (Phi) is 4.01. The maximum atomic E-state index is 11.4. The molecule has 1 heterocycles. The number of rotatable bonds is 2. The van der Waals surface area contributed by atoms with Gasteiger partial charge in [0.15, 0.2) is 0 Å². The average molecular weight is 272 g/mol. The van der Waals surface area contributed by atoms with E-state index in [0.29, 0.717) is 16.7 Å². The van der Waals surface area contributed by atoms with Gasteiger partial charge in [-0.3, -0.25) is 0 Å². The first-order valence-electron chi connectivity index (χ1n) is 5.91. The van der Waals surface area contributed by atoms with Crippen molar-refractivity contribution in [2.45, 2.75) is 6.92 Å². The third-order valence-electron chi connectivity index (χ3n) is 2.54. The van der Waals surface area contributed by atoms with E-state index >= 15 is 0 Å². The normalized spacial score (nSPS) is 11.2. The molecule has 0 bridgehead atoms. The van der Waals surface area contributed by atoms with Crippen molar-refractivity contribution in [3.8, 4) is 11.8 Å². The van der Waals surface area contributed by atoms with Crippen LogP contribution in [0.4, 0.5) is 4.79 Å². The number of carbonyl (C=O) groups is 1. The molecule has 0 atom stereocenters. The summed E-state index contributed by atoms with van der Waals surface area (Å²) in [5, 5.41) is 9.79. The number of nitriles is 1. The van der Waals surface area contributed by atoms with Crippen molar-refractivity contribution < 1.29 is 18.7 Å². The molecule has 1 aromatic heterocycles. The molecule has 1 amide bonds. The fourth-order valence-electron chi connectivity index (χ4n) is 1.63. The Morgan fingerprint density at radius 3 is 2.90 bits per heavy atom. The van der Waals surface area contributed by atoms with Gasteiger partial charge in [-0.25, -0.2) is 4.79 Å². The van der Waals surface area contributed by atoms with Crippen LogP contribution in [0.3, 0.4) is 0 Å². The van der Waals surface area contributed by atoms with Gasteiger partial charge in [-0.05, 0) is 25.1 Å². The Balaban J connectivity index is 2.64. The van der Waals surface area contributed by atoms with Gasteiger partial charge in [-0.1, -0.05) is 0 Å². The van der Waals surface area contributed by atoms with Crippen LogP contribution in [0.1, 0.15) is 12.5 Å².